The molecular formula is C21H25IN4O. The minimum atomic E-state index is 0. The summed E-state index contributed by atoms with van der Waals surface area (Å²) in [7, 11) is 0. The summed E-state index contributed by atoms with van der Waals surface area (Å²) in [5.74, 6) is 1.40. The lowest BCUT2D eigenvalue weighted by Crippen LogP contribution is -2.37. The first-order valence-electron chi connectivity index (χ1n) is 9.07. The van der Waals surface area contributed by atoms with Gasteiger partial charge in [-0.15, -0.1) is 24.0 Å². The zero-order valence-electron chi connectivity index (χ0n) is 15.2. The molecule has 1 atom stereocenters. The molecule has 6 heteroatoms. The summed E-state index contributed by atoms with van der Waals surface area (Å²) in [5.41, 5.74) is 9.67. The lowest BCUT2D eigenvalue weighted by Gasteiger charge is -2.27. The van der Waals surface area contributed by atoms with Crippen molar-refractivity contribution in [3.8, 4) is 5.75 Å². The number of nitrogens with zero attached hydrogens (tertiary/aromatic N) is 2. The normalized spacial score (nSPS) is 18.4. The molecule has 0 radical (unpaired) electrons. The highest BCUT2D eigenvalue weighted by Gasteiger charge is 2.21. The molecule has 2 heterocycles. The number of hydrogen-bond acceptors (Lipinski definition) is 3. The summed E-state index contributed by atoms with van der Waals surface area (Å²) in [6.07, 6.45) is 5.27. The van der Waals surface area contributed by atoms with E-state index in [1.54, 1.807) is 0 Å². The highest BCUT2D eigenvalue weighted by Crippen LogP contribution is 2.31. The van der Waals surface area contributed by atoms with Gasteiger partial charge >= 0.3 is 0 Å². The van der Waals surface area contributed by atoms with Crippen LogP contribution in [0, 0.1) is 0 Å². The Hall–Kier alpha value is -2.22. The Morgan fingerprint density at radius 2 is 1.96 bits per heavy atom. The van der Waals surface area contributed by atoms with Gasteiger partial charge in [0.2, 0.25) is 0 Å². The van der Waals surface area contributed by atoms with E-state index < -0.39 is 0 Å². The Balaban J connectivity index is 0.00000210. The molecule has 0 spiro atoms. The van der Waals surface area contributed by atoms with E-state index in [0.717, 1.165) is 36.4 Å². The Kier molecular flexibility index (Phi) is 6.60. The number of nitrogens with two attached hydrogens (primary N) is 1. The average molecular weight is 476 g/mol. The first kappa shape index (κ1) is 19.5. The van der Waals surface area contributed by atoms with Crippen LogP contribution in [-0.2, 0) is 6.54 Å². The van der Waals surface area contributed by atoms with Crippen molar-refractivity contribution in [1.29, 1.82) is 0 Å². The topological polar surface area (TPSA) is 62.9 Å². The third-order valence-electron chi connectivity index (χ3n) is 4.81. The number of rotatable bonds is 4. The van der Waals surface area contributed by atoms with Crippen LogP contribution in [-0.4, -0.2) is 25.7 Å². The summed E-state index contributed by atoms with van der Waals surface area (Å²) in [4.78, 5) is 6.86. The number of hydrogen-bond donors (Lipinski definition) is 2. The lowest BCUT2D eigenvalue weighted by atomic mass is 10.0. The van der Waals surface area contributed by atoms with E-state index in [0.29, 0.717) is 19.1 Å². The van der Waals surface area contributed by atoms with Gasteiger partial charge in [0.15, 0.2) is 5.96 Å². The quantitative estimate of drug-likeness (QED) is 0.307. The largest absolute Gasteiger partial charge is 0.493 e. The SMILES string of the molecule is I.NC(=NCc1cccc(N2CC=CC2)c1)NC1CCOc2ccccc21. The number of aliphatic imine (C=N–C) groups is 1. The zero-order valence-corrected chi connectivity index (χ0v) is 17.5. The monoisotopic (exact) mass is 476 g/mol. The van der Waals surface area contributed by atoms with Gasteiger partial charge in [-0.05, 0) is 23.8 Å². The molecule has 2 aliphatic heterocycles. The maximum atomic E-state index is 6.15. The molecular weight excluding hydrogens is 451 g/mol. The van der Waals surface area contributed by atoms with Crippen molar-refractivity contribution >= 4 is 35.6 Å². The molecule has 2 aromatic rings. The molecule has 27 heavy (non-hydrogen) atoms. The van der Waals surface area contributed by atoms with Gasteiger partial charge < -0.3 is 20.7 Å². The number of ether oxygens (including phenoxy) is 1. The van der Waals surface area contributed by atoms with Crippen molar-refractivity contribution in [1.82, 2.24) is 5.32 Å². The molecule has 4 rings (SSSR count). The van der Waals surface area contributed by atoms with Crippen LogP contribution in [0.5, 0.6) is 5.75 Å². The predicted molar refractivity (Wildman–Crippen MR) is 121 cm³/mol. The number of nitrogens with one attached hydrogen (secondary N) is 1. The van der Waals surface area contributed by atoms with Crippen molar-refractivity contribution in [2.24, 2.45) is 10.7 Å². The molecule has 0 saturated carbocycles. The van der Waals surface area contributed by atoms with Crippen LogP contribution in [0.3, 0.4) is 0 Å². The number of para-hydroxylation sites is 1. The second-order valence-electron chi connectivity index (χ2n) is 6.62. The van der Waals surface area contributed by atoms with E-state index in [1.165, 1.54) is 5.69 Å². The Morgan fingerprint density at radius 3 is 2.81 bits per heavy atom. The van der Waals surface area contributed by atoms with Gasteiger partial charge in [0, 0.05) is 30.8 Å². The maximum Gasteiger partial charge on any atom is 0.189 e. The molecule has 0 aromatic heterocycles. The minimum absolute atomic E-state index is 0. The second kappa shape index (κ2) is 9.12. The maximum absolute atomic E-state index is 6.15. The number of halogens is 1. The van der Waals surface area contributed by atoms with E-state index in [9.17, 15) is 0 Å². The molecule has 0 saturated heterocycles. The molecule has 0 amide bonds. The number of anilines is 1. The van der Waals surface area contributed by atoms with E-state index in [2.05, 4.69) is 57.7 Å². The molecule has 2 aliphatic rings. The summed E-state index contributed by atoms with van der Waals surface area (Å²) >= 11 is 0. The first-order valence-corrected chi connectivity index (χ1v) is 9.07. The minimum Gasteiger partial charge on any atom is -0.493 e. The standard InChI is InChI=1S/C21H24N4O.HI/c22-21(24-19-10-13-26-20-9-2-1-8-18(19)20)23-15-16-6-5-7-17(14-16)25-11-3-4-12-25;/h1-9,14,19H,10-13,15H2,(H3,22,23,24);1H. The number of guanidine groups is 1. The van der Waals surface area contributed by atoms with Gasteiger partial charge in [0.1, 0.15) is 5.75 Å². The fraction of sp³-hybridized carbons (Fsp3) is 0.286. The lowest BCUT2D eigenvalue weighted by molar-refractivity contribution is 0.262. The molecule has 0 fully saturated rings. The summed E-state index contributed by atoms with van der Waals surface area (Å²) in [6, 6.07) is 16.7. The van der Waals surface area contributed by atoms with Gasteiger partial charge in [0.25, 0.3) is 0 Å². The zero-order chi connectivity index (χ0) is 17.8. The van der Waals surface area contributed by atoms with Crippen molar-refractivity contribution < 1.29 is 4.74 Å². The third kappa shape index (κ3) is 4.74. The van der Waals surface area contributed by atoms with Crippen LogP contribution < -0.4 is 20.7 Å². The van der Waals surface area contributed by atoms with Crippen LogP contribution >= 0.6 is 24.0 Å². The van der Waals surface area contributed by atoms with Gasteiger partial charge in [-0.2, -0.15) is 0 Å². The Morgan fingerprint density at radius 1 is 1.15 bits per heavy atom. The van der Waals surface area contributed by atoms with E-state index in [-0.39, 0.29) is 30.0 Å². The predicted octanol–water partition coefficient (Wildman–Crippen LogP) is 3.61. The van der Waals surface area contributed by atoms with Crippen LogP contribution in [0.4, 0.5) is 5.69 Å². The van der Waals surface area contributed by atoms with Crippen molar-refractivity contribution in [3.63, 3.8) is 0 Å². The fourth-order valence-corrected chi connectivity index (χ4v) is 3.43. The van der Waals surface area contributed by atoms with Crippen LogP contribution in [0.15, 0.2) is 65.7 Å². The molecule has 2 aromatic carbocycles. The number of benzene rings is 2. The fourth-order valence-electron chi connectivity index (χ4n) is 3.43. The van der Waals surface area contributed by atoms with Crippen LogP contribution in [0.1, 0.15) is 23.6 Å². The van der Waals surface area contributed by atoms with Crippen molar-refractivity contribution in [2.75, 3.05) is 24.6 Å². The van der Waals surface area contributed by atoms with Crippen molar-refractivity contribution in [2.45, 2.75) is 19.0 Å². The van der Waals surface area contributed by atoms with Gasteiger partial charge in [-0.3, -0.25) is 0 Å². The average Bonchev–Trinajstić information content (AvgIpc) is 3.22. The first-order chi connectivity index (χ1) is 12.8. The smallest absolute Gasteiger partial charge is 0.189 e. The van der Waals surface area contributed by atoms with Crippen LogP contribution in [0.2, 0.25) is 0 Å². The van der Waals surface area contributed by atoms with Gasteiger partial charge in [0.05, 0.1) is 19.2 Å². The molecule has 1 unspecified atom stereocenters. The summed E-state index contributed by atoms with van der Waals surface area (Å²) in [5, 5.41) is 3.34. The Bertz CT molecular complexity index is 828. The highest BCUT2D eigenvalue weighted by molar-refractivity contribution is 14.0. The molecule has 0 aliphatic carbocycles. The summed E-state index contributed by atoms with van der Waals surface area (Å²) in [6.45, 7) is 3.20. The van der Waals surface area contributed by atoms with E-state index in [1.807, 2.05) is 18.2 Å². The van der Waals surface area contributed by atoms with E-state index >= 15 is 0 Å². The third-order valence-corrected chi connectivity index (χ3v) is 4.81. The molecule has 142 valence electrons. The van der Waals surface area contributed by atoms with Gasteiger partial charge in [-0.25, -0.2) is 4.99 Å². The summed E-state index contributed by atoms with van der Waals surface area (Å²) < 4.78 is 5.70. The van der Waals surface area contributed by atoms with Gasteiger partial charge in [-0.1, -0.05) is 42.5 Å². The molecule has 5 nitrogen and oxygen atoms in total. The Labute approximate surface area is 177 Å². The second-order valence-corrected chi connectivity index (χ2v) is 6.62. The van der Waals surface area contributed by atoms with Crippen LogP contribution in [0.25, 0.3) is 0 Å². The van der Waals surface area contributed by atoms with Crippen molar-refractivity contribution in [3.05, 3.63) is 71.8 Å². The highest BCUT2D eigenvalue weighted by atomic mass is 127. The molecule has 3 N–H and O–H groups in total. The number of fused-ring (bicyclic) bond motifs is 1. The van der Waals surface area contributed by atoms with E-state index in [4.69, 9.17) is 10.5 Å². The molecule has 0 bridgehead atoms.